The Bertz CT molecular complexity index is 1040. The van der Waals surface area contributed by atoms with Crippen molar-refractivity contribution in [2.75, 3.05) is 6.61 Å². The van der Waals surface area contributed by atoms with Crippen LogP contribution in [0, 0.1) is 46.3 Å². The number of hydrogen-bond donors (Lipinski definition) is 3. The summed E-state index contributed by atoms with van der Waals surface area (Å²) in [6, 6.07) is 0. The first kappa shape index (κ1) is 30.6. The van der Waals surface area contributed by atoms with Gasteiger partial charge < -0.3 is 19.7 Å². The van der Waals surface area contributed by atoms with Gasteiger partial charge in [-0.05, 0) is 97.7 Å². The molecule has 4 saturated carbocycles. The van der Waals surface area contributed by atoms with Crippen molar-refractivity contribution in [3.05, 3.63) is 0 Å². The van der Waals surface area contributed by atoms with Crippen LogP contribution in [0.4, 0.5) is 8.78 Å². The van der Waals surface area contributed by atoms with E-state index in [0.717, 1.165) is 32.1 Å². The van der Waals surface area contributed by atoms with E-state index < -0.39 is 45.6 Å². The third-order valence-electron chi connectivity index (χ3n) is 11.3. The third kappa shape index (κ3) is 5.35. The highest BCUT2D eigenvalue weighted by Gasteiger charge is 2.65. The zero-order valence-corrected chi connectivity index (χ0v) is 23.6. The van der Waals surface area contributed by atoms with Gasteiger partial charge in [-0.3, -0.25) is 14.1 Å². The van der Waals surface area contributed by atoms with Gasteiger partial charge in [0.05, 0.1) is 12.2 Å². The highest BCUT2D eigenvalue weighted by molar-refractivity contribution is 7.86. The summed E-state index contributed by atoms with van der Waals surface area (Å²) in [6.07, 6.45) is 4.07. The van der Waals surface area contributed by atoms with Crippen molar-refractivity contribution in [2.45, 2.75) is 102 Å². The molecule has 0 aliphatic heterocycles. The Labute approximate surface area is 228 Å². The number of rotatable bonds is 9. The third-order valence-corrected chi connectivity index (χ3v) is 12.2. The minimum absolute atomic E-state index is 0.0352. The Morgan fingerprint density at radius 2 is 1.82 bits per heavy atom. The fraction of sp³-hybridized carbons (Fsp3) is 0.926. The molecule has 0 aromatic heterocycles. The molecule has 4 aliphatic carbocycles. The molecule has 0 bridgehead atoms. The Balaban J connectivity index is 1.43. The summed E-state index contributed by atoms with van der Waals surface area (Å²) >= 11 is 0. The predicted octanol–water partition coefficient (Wildman–Crippen LogP) is 3.57. The van der Waals surface area contributed by atoms with Crippen molar-refractivity contribution in [3.63, 3.8) is 0 Å². The van der Waals surface area contributed by atoms with Crippen molar-refractivity contribution >= 4 is 22.6 Å². The second kappa shape index (κ2) is 10.8. The fourth-order valence-electron chi connectivity index (χ4n) is 9.18. The van der Waals surface area contributed by atoms with Gasteiger partial charge >= 0.3 is 21.3 Å². The number of aliphatic hydroxyl groups excluding tert-OH is 2. The quantitative estimate of drug-likeness (QED) is 0.212. The van der Waals surface area contributed by atoms with Gasteiger partial charge in [0.2, 0.25) is 0 Å². The van der Waals surface area contributed by atoms with Crippen LogP contribution < -0.4 is 0 Å². The summed E-state index contributed by atoms with van der Waals surface area (Å²) in [5, 5.41) is 18.5. The van der Waals surface area contributed by atoms with Crippen LogP contribution >= 0.6 is 0 Å². The number of alkyl halides is 2. The molecule has 0 saturated heterocycles. The average molecular weight is 581 g/mol. The first-order valence-electron chi connectivity index (χ1n) is 14.0. The maximum atomic E-state index is 13.4. The molecule has 4 aliphatic rings. The zero-order valence-electron chi connectivity index (χ0n) is 22.8. The number of ether oxygens (including phenoxy) is 2. The molecule has 0 amide bonds. The lowest BCUT2D eigenvalue weighted by molar-refractivity contribution is -0.208. The van der Waals surface area contributed by atoms with Gasteiger partial charge in [-0.15, -0.1) is 0 Å². The van der Waals surface area contributed by atoms with Crippen LogP contribution in [0.5, 0.6) is 0 Å². The monoisotopic (exact) mass is 580 g/mol. The number of carbonyl (C=O) groups is 2. The van der Waals surface area contributed by atoms with E-state index in [4.69, 9.17) is 9.29 Å². The molecule has 12 heteroatoms. The first-order valence-corrected chi connectivity index (χ1v) is 15.5. The van der Waals surface area contributed by atoms with Crippen molar-refractivity contribution < 1.29 is 51.0 Å². The molecule has 3 N–H and O–H groups in total. The van der Waals surface area contributed by atoms with Crippen molar-refractivity contribution in [3.8, 4) is 0 Å². The molecule has 1 unspecified atom stereocenters. The largest absolute Gasteiger partial charge is 0.465 e. The summed E-state index contributed by atoms with van der Waals surface area (Å²) in [5.41, 5.74) is -0.545. The van der Waals surface area contributed by atoms with E-state index in [1.165, 1.54) is 0 Å². The molecule has 4 rings (SSSR count). The molecule has 11 atom stereocenters. The van der Waals surface area contributed by atoms with Crippen molar-refractivity contribution in [1.82, 2.24) is 0 Å². The number of fused-ring (bicyclic) bond motifs is 5. The normalized spacial score (nSPS) is 43.0. The topological polar surface area (TPSA) is 147 Å². The smallest absolute Gasteiger partial charge is 0.402 e. The van der Waals surface area contributed by atoms with E-state index in [2.05, 4.69) is 18.6 Å². The number of carbonyl (C=O) groups excluding carboxylic acids is 2. The van der Waals surface area contributed by atoms with Crippen LogP contribution in [-0.2, 0) is 29.2 Å². The maximum Gasteiger partial charge on any atom is 0.402 e. The van der Waals surface area contributed by atoms with Crippen LogP contribution in [0.2, 0.25) is 0 Å². The van der Waals surface area contributed by atoms with Crippen LogP contribution in [0.15, 0.2) is 0 Å². The van der Waals surface area contributed by atoms with Crippen molar-refractivity contribution in [1.29, 1.82) is 0 Å². The molecule has 0 aromatic rings. The molecular weight excluding hydrogens is 538 g/mol. The Hall–Kier alpha value is -1.37. The van der Waals surface area contributed by atoms with E-state index in [0.29, 0.717) is 25.7 Å². The standard InChI is InChI=1S/C27H42F2O9S/c1-15(4-7-23(33)37-13-27(28,29)39(34,35)36)18-5-6-19-24-20(12-22(32)26(18,19)3)25(2)9-8-17(38-14-30)10-16(25)11-21(24)31/h14-22,24,31-32H,4-13H2,1-3H3,(H,34,35,36)/t15-,16?,17-,18-,19+,20+,21-,22+,24+,25+,26-/m1/s1. The Morgan fingerprint density at radius 1 is 1.13 bits per heavy atom. The van der Waals surface area contributed by atoms with Gasteiger partial charge in [-0.25, -0.2) is 0 Å². The van der Waals surface area contributed by atoms with Gasteiger partial charge in [-0.2, -0.15) is 17.2 Å². The number of halogens is 2. The molecule has 0 aromatic carbocycles. The van der Waals surface area contributed by atoms with Gasteiger partial charge in [-0.1, -0.05) is 20.8 Å². The fourth-order valence-corrected chi connectivity index (χ4v) is 9.38. The molecule has 0 spiro atoms. The average Bonchev–Trinajstić information content (AvgIpc) is 3.21. The summed E-state index contributed by atoms with van der Waals surface area (Å²) < 4.78 is 66.5. The van der Waals surface area contributed by atoms with Crippen LogP contribution in [0.25, 0.3) is 0 Å². The van der Waals surface area contributed by atoms with E-state index >= 15 is 0 Å². The van der Waals surface area contributed by atoms with Crippen molar-refractivity contribution in [2.24, 2.45) is 46.3 Å². The minimum atomic E-state index is -5.68. The van der Waals surface area contributed by atoms with Gasteiger partial charge in [0.25, 0.3) is 6.47 Å². The maximum absolute atomic E-state index is 13.4. The molecule has 0 heterocycles. The zero-order chi connectivity index (χ0) is 29.0. The second-order valence-corrected chi connectivity index (χ2v) is 14.6. The van der Waals surface area contributed by atoms with Crippen LogP contribution in [-0.4, -0.2) is 65.8 Å². The molecule has 9 nitrogen and oxygen atoms in total. The number of aliphatic hydroxyl groups is 2. The van der Waals surface area contributed by atoms with Crippen LogP contribution in [0.1, 0.15) is 78.6 Å². The lowest BCUT2D eigenvalue weighted by atomic mass is 9.43. The summed E-state index contributed by atoms with van der Waals surface area (Å²) in [5.74, 6) is -0.515. The molecule has 0 radical (unpaired) electrons. The van der Waals surface area contributed by atoms with Gasteiger partial charge in [0.15, 0.2) is 6.61 Å². The summed E-state index contributed by atoms with van der Waals surface area (Å²) in [7, 11) is -5.68. The van der Waals surface area contributed by atoms with Gasteiger partial charge in [0.1, 0.15) is 6.10 Å². The highest BCUT2D eigenvalue weighted by Crippen LogP contribution is 2.68. The molecular formula is C27H42F2O9S. The summed E-state index contributed by atoms with van der Waals surface area (Å²) in [4.78, 5) is 23.0. The Kier molecular flexibility index (Phi) is 8.47. The second-order valence-electron chi connectivity index (χ2n) is 13.0. The summed E-state index contributed by atoms with van der Waals surface area (Å²) in [6.45, 7) is 5.05. The van der Waals surface area contributed by atoms with E-state index in [9.17, 15) is 37.0 Å². The number of hydrogen-bond acceptors (Lipinski definition) is 8. The molecule has 39 heavy (non-hydrogen) atoms. The molecule has 224 valence electrons. The first-order chi connectivity index (χ1) is 18.1. The van der Waals surface area contributed by atoms with Crippen LogP contribution in [0.3, 0.4) is 0 Å². The SMILES string of the molecule is C[C@H](CCC(=O)OCC(F)(F)S(=O)(=O)O)[C@H]1CC[C@H]2[C@@H]3[C@H](O)CC4C[C@H](OC=O)CC[C@]4(C)[C@H]3C[C@H](O)[C@]12C. The predicted molar refractivity (Wildman–Crippen MR) is 135 cm³/mol. The number of esters is 1. The van der Waals surface area contributed by atoms with E-state index in [-0.39, 0.29) is 53.4 Å². The lowest BCUT2D eigenvalue weighted by Gasteiger charge is -2.63. The molecule has 4 fully saturated rings. The van der Waals surface area contributed by atoms with Gasteiger partial charge in [0, 0.05) is 6.42 Å². The highest BCUT2D eigenvalue weighted by atomic mass is 32.2. The van der Waals surface area contributed by atoms with E-state index in [1.807, 2.05) is 6.92 Å². The van der Waals surface area contributed by atoms with E-state index in [1.54, 1.807) is 0 Å². The Morgan fingerprint density at radius 3 is 2.46 bits per heavy atom. The minimum Gasteiger partial charge on any atom is -0.465 e. The lowest BCUT2D eigenvalue weighted by Crippen LogP contribution is -2.62.